The number of likely N-dealkylation sites (tertiary alicyclic amines) is 1. The second kappa shape index (κ2) is 15.6. The first kappa shape index (κ1) is 33.5. The molecule has 10 heteroatoms. The van der Waals surface area contributed by atoms with Gasteiger partial charge in [-0.15, -0.1) is 0 Å². The Morgan fingerprint density at radius 2 is 1.53 bits per heavy atom. The highest BCUT2D eigenvalue weighted by Gasteiger charge is 2.36. The maximum Gasteiger partial charge on any atom is 0.408 e. The van der Waals surface area contributed by atoms with E-state index in [-0.39, 0.29) is 23.7 Å². The number of alkyl carbamates (subject to hydrolysis) is 1. The molecule has 1 aliphatic carbocycles. The van der Waals surface area contributed by atoms with Crippen LogP contribution in [-0.4, -0.2) is 104 Å². The molecule has 2 aliphatic heterocycles. The molecular formula is C33H51ClN4O5. The van der Waals surface area contributed by atoms with Crippen molar-refractivity contribution in [3.8, 4) is 0 Å². The van der Waals surface area contributed by atoms with Gasteiger partial charge in [0.25, 0.3) is 0 Å². The summed E-state index contributed by atoms with van der Waals surface area (Å²) in [5, 5.41) is 3.61. The van der Waals surface area contributed by atoms with Gasteiger partial charge in [0, 0.05) is 44.3 Å². The Labute approximate surface area is 262 Å². The van der Waals surface area contributed by atoms with Crippen LogP contribution in [0.4, 0.5) is 4.79 Å². The number of ether oxygens (including phenoxy) is 2. The van der Waals surface area contributed by atoms with E-state index in [1.165, 1.54) is 13.5 Å². The van der Waals surface area contributed by atoms with Crippen molar-refractivity contribution >= 4 is 29.6 Å². The van der Waals surface area contributed by atoms with Gasteiger partial charge in [-0.3, -0.25) is 14.5 Å². The summed E-state index contributed by atoms with van der Waals surface area (Å²) in [5.74, 6) is 0.243. The summed E-state index contributed by atoms with van der Waals surface area (Å²) in [6, 6.07) is 6.94. The van der Waals surface area contributed by atoms with Gasteiger partial charge in [0.2, 0.25) is 5.91 Å². The number of nitrogens with one attached hydrogen (secondary N) is 1. The predicted octanol–water partition coefficient (Wildman–Crippen LogP) is 4.93. The highest BCUT2D eigenvalue weighted by molar-refractivity contribution is 6.30. The summed E-state index contributed by atoms with van der Waals surface area (Å²) in [7, 11) is 1.44. The number of esters is 1. The van der Waals surface area contributed by atoms with Crippen molar-refractivity contribution in [2.24, 2.45) is 11.8 Å². The Balaban J connectivity index is 1.24. The molecule has 0 aromatic heterocycles. The van der Waals surface area contributed by atoms with Gasteiger partial charge >= 0.3 is 12.1 Å². The molecule has 2 amide bonds. The van der Waals surface area contributed by atoms with Crippen molar-refractivity contribution in [3.05, 3.63) is 34.9 Å². The maximum atomic E-state index is 13.7. The van der Waals surface area contributed by atoms with Crippen molar-refractivity contribution in [1.82, 2.24) is 20.0 Å². The topological polar surface area (TPSA) is 91.4 Å². The Morgan fingerprint density at radius 3 is 2.12 bits per heavy atom. The van der Waals surface area contributed by atoms with Crippen LogP contribution < -0.4 is 5.32 Å². The number of rotatable bonds is 9. The monoisotopic (exact) mass is 618 g/mol. The maximum absolute atomic E-state index is 13.7. The zero-order chi connectivity index (χ0) is 31.0. The number of halogens is 1. The molecule has 2 heterocycles. The number of hydrogen-bond acceptors (Lipinski definition) is 7. The molecule has 4 rings (SSSR count). The van der Waals surface area contributed by atoms with E-state index in [9.17, 15) is 14.4 Å². The lowest BCUT2D eigenvalue weighted by Gasteiger charge is -2.41. The van der Waals surface area contributed by atoms with Crippen LogP contribution >= 0.6 is 11.6 Å². The summed E-state index contributed by atoms with van der Waals surface area (Å²) in [5.41, 5.74) is 0.323. The van der Waals surface area contributed by atoms with E-state index >= 15 is 0 Å². The van der Waals surface area contributed by atoms with E-state index in [0.717, 1.165) is 76.8 Å². The largest absolute Gasteiger partial charge is 0.469 e. The number of piperazine rings is 1. The molecule has 3 fully saturated rings. The molecular weight excluding hydrogens is 568 g/mol. The van der Waals surface area contributed by atoms with Crippen LogP contribution in [0.3, 0.4) is 0 Å². The van der Waals surface area contributed by atoms with E-state index in [1.807, 2.05) is 49.9 Å². The Bertz CT molecular complexity index is 1060. The standard InChI is InChI=1S/C33H51ClN4O5/c1-33(2,3)43-32(41)35-29(26-8-6-5-7-9-26)30(39)38-20-18-37(19-21-38)22-24-14-16-36(17-15-24)23-28(31(40)42-4)25-10-12-27(34)13-11-25/h10-13,24,26,28-29H,5-9,14-23H2,1-4H3,(H,35,41)/t28?,29-/m1/s1. The minimum atomic E-state index is -0.605. The molecule has 240 valence electrons. The lowest BCUT2D eigenvalue weighted by molar-refractivity contribution is -0.143. The second-order valence-corrected chi connectivity index (χ2v) is 14.0. The number of hydrogen-bond donors (Lipinski definition) is 1. The minimum Gasteiger partial charge on any atom is -0.469 e. The third-order valence-corrected chi connectivity index (χ3v) is 9.42. The summed E-state index contributed by atoms with van der Waals surface area (Å²) in [6.07, 6.45) is 6.97. The molecule has 1 aromatic carbocycles. The quantitative estimate of drug-likeness (QED) is 0.393. The van der Waals surface area contributed by atoms with Crippen LogP contribution in [-0.2, 0) is 19.1 Å². The zero-order valence-corrected chi connectivity index (χ0v) is 27.2. The fraction of sp³-hybridized carbons (Fsp3) is 0.727. The summed E-state index contributed by atoms with van der Waals surface area (Å²) < 4.78 is 10.6. The van der Waals surface area contributed by atoms with Crippen LogP contribution in [0.15, 0.2) is 24.3 Å². The fourth-order valence-electron chi connectivity index (χ4n) is 6.76. The predicted molar refractivity (Wildman–Crippen MR) is 168 cm³/mol. The van der Waals surface area contributed by atoms with Gasteiger partial charge in [0.15, 0.2) is 0 Å². The van der Waals surface area contributed by atoms with E-state index in [4.69, 9.17) is 21.1 Å². The number of benzene rings is 1. The smallest absolute Gasteiger partial charge is 0.408 e. The number of methoxy groups -OCH3 is 1. The first-order valence-corrected chi connectivity index (χ1v) is 16.5. The van der Waals surface area contributed by atoms with Crippen LogP contribution in [0, 0.1) is 11.8 Å². The number of nitrogens with zero attached hydrogens (tertiary/aromatic N) is 3. The molecule has 9 nitrogen and oxygen atoms in total. The van der Waals surface area contributed by atoms with Crippen molar-refractivity contribution in [2.45, 2.75) is 83.3 Å². The highest BCUT2D eigenvalue weighted by atomic mass is 35.5. The molecule has 1 N–H and O–H groups in total. The van der Waals surface area contributed by atoms with Crippen molar-refractivity contribution < 1.29 is 23.9 Å². The Hall–Kier alpha value is -2.36. The first-order chi connectivity index (χ1) is 20.5. The molecule has 2 saturated heterocycles. The number of carbonyl (C=O) groups is 3. The number of carbonyl (C=O) groups excluding carboxylic acids is 3. The van der Waals surface area contributed by atoms with Gasteiger partial charge in [-0.25, -0.2) is 4.79 Å². The van der Waals surface area contributed by atoms with Crippen LogP contribution in [0.1, 0.15) is 77.2 Å². The van der Waals surface area contributed by atoms with Crippen LogP contribution in [0.25, 0.3) is 0 Å². The molecule has 2 atom stereocenters. The SMILES string of the molecule is COC(=O)C(CN1CCC(CN2CCN(C(=O)[C@H](NC(=O)OC(C)(C)C)C3CCCCC3)CC2)CC1)c1ccc(Cl)cc1. The molecule has 1 aromatic rings. The lowest BCUT2D eigenvalue weighted by Crippen LogP contribution is -2.58. The molecule has 3 aliphatic rings. The lowest BCUT2D eigenvalue weighted by atomic mass is 9.83. The van der Waals surface area contributed by atoms with E-state index in [2.05, 4.69) is 15.1 Å². The molecule has 1 unspecified atom stereocenters. The van der Waals surface area contributed by atoms with Gasteiger partial charge < -0.3 is 24.6 Å². The van der Waals surface area contributed by atoms with E-state index in [0.29, 0.717) is 30.6 Å². The van der Waals surface area contributed by atoms with Gasteiger partial charge in [0.05, 0.1) is 13.0 Å². The van der Waals surface area contributed by atoms with Crippen molar-refractivity contribution in [3.63, 3.8) is 0 Å². The molecule has 0 spiro atoms. The van der Waals surface area contributed by atoms with E-state index < -0.39 is 17.7 Å². The van der Waals surface area contributed by atoms with Crippen LogP contribution in [0.5, 0.6) is 0 Å². The third-order valence-electron chi connectivity index (χ3n) is 9.17. The van der Waals surface area contributed by atoms with Crippen molar-refractivity contribution in [2.75, 3.05) is 59.5 Å². The van der Waals surface area contributed by atoms with Crippen LogP contribution in [0.2, 0.25) is 5.02 Å². The van der Waals surface area contributed by atoms with Gasteiger partial charge in [0.1, 0.15) is 11.6 Å². The summed E-state index contributed by atoms with van der Waals surface area (Å²) in [6.45, 7) is 12.1. The third kappa shape index (κ3) is 10.1. The average Bonchev–Trinajstić information content (AvgIpc) is 2.99. The Morgan fingerprint density at radius 1 is 0.907 bits per heavy atom. The van der Waals surface area contributed by atoms with Crippen molar-refractivity contribution in [1.29, 1.82) is 0 Å². The minimum absolute atomic E-state index is 0.0339. The zero-order valence-electron chi connectivity index (χ0n) is 26.5. The highest BCUT2D eigenvalue weighted by Crippen LogP contribution is 2.29. The molecule has 0 radical (unpaired) electrons. The van der Waals surface area contributed by atoms with Gasteiger partial charge in [-0.2, -0.15) is 0 Å². The normalized spacial score (nSPS) is 21.2. The Kier molecular flexibility index (Phi) is 12.1. The summed E-state index contributed by atoms with van der Waals surface area (Å²) >= 11 is 6.05. The van der Waals surface area contributed by atoms with Gasteiger partial charge in [-0.1, -0.05) is 43.0 Å². The second-order valence-electron chi connectivity index (χ2n) is 13.5. The first-order valence-electron chi connectivity index (χ1n) is 16.1. The number of piperidine rings is 1. The summed E-state index contributed by atoms with van der Waals surface area (Å²) in [4.78, 5) is 45.7. The number of amides is 2. The average molecular weight is 619 g/mol. The molecule has 0 bridgehead atoms. The molecule has 43 heavy (non-hydrogen) atoms. The molecule has 1 saturated carbocycles. The van der Waals surface area contributed by atoms with Gasteiger partial charge in [-0.05, 0) is 89.1 Å². The fourth-order valence-corrected chi connectivity index (χ4v) is 6.89. The van der Waals surface area contributed by atoms with E-state index in [1.54, 1.807) is 0 Å².